The second-order valence-electron chi connectivity index (χ2n) is 5.30. The van der Waals surface area contributed by atoms with Crippen molar-refractivity contribution in [1.82, 2.24) is 14.9 Å². The number of aliphatic hydroxyl groups is 2. The standard InChI is InChI=1S/C14H19N5O5/c1-16-4-2-11(21)17-10-3-5-19(14(23)18-10)13-8(6-15)12(22)9(7-20)24-13/h3,5,8-9,12-13,16,20,22H,2,4,7H2,1H3,(H,17,18,21,23)/t8-,9+,12-,13+/m0/s1. The molecule has 2 heterocycles. The number of hydrogen-bond acceptors (Lipinski definition) is 8. The van der Waals surface area contributed by atoms with Gasteiger partial charge in [-0.25, -0.2) is 4.79 Å². The van der Waals surface area contributed by atoms with Crippen LogP contribution in [0.15, 0.2) is 17.1 Å². The molecule has 4 atom stereocenters. The van der Waals surface area contributed by atoms with Crippen LogP contribution in [0.5, 0.6) is 0 Å². The number of nitrogens with one attached hydrogen (secondary N) is 2. The Morgan fingerprint density at radius 1 is 1.58 bits per heavy atom. The van der Waals surface area contributed by atoms with Gasteiger partial charge in [0.1, 0.15) is 23.9 Å². The largest absolute Gasteiger partial charge is 0.394 e. The summed E-state index contributed by atoms with van der Waals surface area (Å²) in [4.78, 5) is 27.5. The predicted octanol–water partition coefficient (Wildman–Crippen LogP) is -1.82. The fourth-order valence-corrected chi connectivity index (χ4v) is 2.39. The molecule has 1 amide bonds. The van der Waals surface area contributed by atoms with Gasteiger partial charge in [0.25, 0.3) is 0 Å². The average molecular weight is 337 g/mol. The van der Waals surface area contributed by atoms with Crippen LogP contribution in [0.2, 0.25) is 0 Å². The van der Waals surface area contributed by atoms with Crippen molar-refractivity contribution in [2.75, 3.05) is 25.5 Å². The van der Waals surface area contributed by atoms with Gasteiger partial charge in [0.2, 0.25) is 5.91 Å². The Hall–Kier alpha value is -2.32. The van der Waals surface area contributed by atoms with Gasteiger partial charge < -0.3 is 25.6 Å². The fourth-order valence-electron chi connectivity index (χ4n) is 2.39. The molecular formula is C14H19N5O5. The van der Waals surface area contributed by atoms with Crippen molar-refractivity contribution in [3.05, 3.63) is 22.7 Å². The van der Waals surface area contributed by atoms with E-state index in [9.17, 15) is 14.7 Å². The molecule has 0 bridgehead atoms. The van der Waals surface area contributed by atoms with Crippen LogP contribution in [0.1, 0.15) is 12.6 Å². The molecule has 1 fully saturated rings. The van der Waals surface area contributed by atoms with Crippen molar-refractivity contribution < 1.29 is 19.7 Å². The van der Waals surface area contributed by atoms with Crippen molar-refractivity contribution in [3.8, 4) is 6.07 Å². The van der Waals surface area contributed by atoms with Crippen LogP contribution in [-0.2, 0) is 9.53 Å². The summed E-state index contributed by atoms with van der Waals surface area (Å²) in [5.41, 5.74) is -0.738. The molecule has 1 aliphatic rings. The Balaban J connectivity index is 2.17. The monoisotopic (exact) mass is 337 g/mol. The third kappa shape index (κ3) is 3.77. The minimum atomic E-state index is -1.21. The molecule has 2 rings (SSSR count). The molecule has 0 aliphatic carbocycles. The summed E-state index contributed by atoms with van der Waals surface area (Å²) in [7, 11) is 1.72. The summed E-state index contributed by atoms with van der Waals surface area (Å²) in [6.07, 6.45) is -1.67. The first kappa shape index (κ1) is 18.0. The maximum atomic E-state index is 12.1. The van der Waals surface area contributed by atoms with Crippen molar-refractivity contribution >= 4 is 11.7 Å². The highest BCUT2D eigenvalue weighted by molar-refractivity contribution is 5.89. The average Bonchev–Trinajstić information content (AvgIpc) is 2.88. The van der Waals surface area contributed by atoms with E-state index in [1.54, 1.807) is 7.05 Å². The summed E-state index contributed by atoms with van der Waals surface area (Å²) in [5.74, 6) is -1.22. The Kier molecular flexibility index (Phi) is 5.99. The normalized spacial score (nSPS) is 26.1. The van der Waals surface area contributed by atoms with Gasteiger partial charge in [-0.05, 0) is 13.1 Å². The summed E-state index contributed by atoms with van der Waals surface area (Å²) in [6, 6.07) is 3.27. The smallest absolute Gasteiger partial charge is 0.351 e. The van der Waals surface area contributed by atoms with Crippen LogP contribution in [0.25, 0.3) is 0 Å². The van der Waals surface area contributed by atoms with E-state index in [4.69, 9.17) is 15.1 Å². The van der Waals surface area contributed by atoms with Crippen LogP contribution >= 0.6 is 0 Å². The van der Waals surface area contributed by atoms with Crippen molar-refractivity contribution in [3.63, 3.8) is 0 Å². The van der Waals surface area contributed by atoms with E-state index in [2.05, 4.69) is 15.6 Å². The van der Waals surface area contributed by atoms with Gasteiger partial charge in [-0.2, -0.15) is 10.2 Å². The van der Waals surface area contributed by atoms with Gasteiger partial charge >= 0.3 is 5.69 Å². The number of nitriles is 1. The molecule has 4 N–H and O–H groups in total. The number of nitrogens with zero attached hydrogens (tertiary/aromatic N) is 3. The van der Waals surface area contributed by atoms with Gasteiger partial charge in [0, 0.05) is 19.2 Å². The lowest BCUT2D eigenvalue weighted by molar-refractivity contribution is -0.116. The van der Waals surface area contributed by atoms with Gasteiger partial charge in [-0.15, -0.1) is 0 Å². The van der Waals surface area contributed by atoms with E-state index in [0.717, 1.165) is 4.57 Å². The lowest BCUT2D eigenvalue weighted by atomic mass is 10.0. The van der Waals surface area contributed by atoms with E-state index in [-0.39, 0.29) is 18.1 Å². The van der Waals surface area contributed by atoms with E-state index >= 15 is 0 Å². The van der Waals surface area contributed by atoms with Gasteiger partial charge in [-0.1, -0.05) is 0 Å². The molecule has 0 unspecified atom stereocenters. The minimum absolute atomic E-state index is 0.0862. The highest BCUT2D eigenvalue weighted by Gasteiger charge is 2.45. The zero-order valence-corrected chi connectivity index (χ0v) is 13.0. The quantitative estimate of drug-likeness (QED) is 0.474. The third-order valence-electron chi connectivity index (χ3n) is 3.67. The lowest BCUT2D eigenvalue weighted by Crippen LogP contribution is -2.32. The van der Waals surface area contributed by atoms with Crippen molar-refractivity contribution in [2.45, 2.75) is 24.9 Å². The molecule has 0 aromatic carbocycles. The Labute approximate surface area is 137 Å². The van der Waals surface area contributed by atoms with Crippen LogP contribution in [-0.4, -0.2) is 58.1 Å². The highest BCUT2D eigenvalue weighted by Crippen LogP contribution is 2.33. The summed E-state index contributed by atoms with van der Waals surface area (Å²) < 4.78 is 6.42. The maximum Gasteiger partial charge on any atom is 0.351 e. The summed E-state index contributed by atoms with van der Waals surface area (Å²) in [6.45, 7) is 0.0146. The molecule has 1 saturated heterocycles. The highest BCUT2D eigenvalue weighted by atomic mass is 16.5. The molecule has 24 heavy (non-hydrogen) atoms. The first-order valence-corrected chi connectivity index (χ1v) is 7.39. The zero-order chi connectivity index (χ0) is 17.7. The number of aromatic nitrogens is 2. The Bertz CT molecular complexity index is 685. The predicted molar refractivity (Wildman–Crippen MR) is 81.8 cm³/mol. The lowest BCUT2D eigenvalue weighted by Gasteiger charge is -2.16. The second-order valence-corrected chi connectivity index (χ2v) is 5.30. The van der Waals surface area contributed by atoms with Crippen LogP contribution in [0, 0.1) is 17.2 Å². The second kappa shape index (κ2) is 7.98. The number of carbonyl (C=O) groups is 1. The van der Waals surface area contributed by atoms with Crippen LogP contribution < -0.4 is 16.3 Å². The Morgan fingerprint density at radius 2 is 2.33 bits per heavy atom. The van der Waals surface area contributed by atoms with Gasteiger partial charge in [-0.3, -0.25) is 9.36 Å². The molecule has 1 aliphatic heterocycles. The topological polar surface area (TPSA) is 150 Å². The van der Waals surface area contributed by atoms with E-state index < -0.39 is 36.7 Å². The van der Waals surface area contributed by atoms with Crippen molar-refractivity contribution in [1.29, 1.82) is 5.26 Å². The first-order valence-electron chi connectivity index (χ1n) is 7.39. The summed E-state index contributed by atoms with van der Waals surface area (Å²) >= 11 is 0. The van der Waals surface area contributed by atoms with Gasteiger partial charge in [0.05, 0.1) is 12.7 Å². The zero-order valence-electron chi connectivity index (χ0n) is 13.0. The van der Waals surface area contributed by atoms with E-state index in [1.165, 1.54) is 12.3 Å². The van der Waals surface area contributed by atoms with Gasteiger partial charge in [0.15, 0.2) is 6.23 Å². The molecule has 1 aromatic heterocycles. The molecule has 10 nitrogen and oxygen atoms in total. The number of rotatable bonds is 6. The molecule has 1 aromatic rings. The summed E-state index contributed by atoms with van der Waals surface area (Å²) in [5, 5.41) is 33.5. The number of hydrogen-bond donors (Lipinski definition) is 4. The molecular weight excluding hydrogens is 318 g/mol. The van der Waals surface area contributed by atoms with Crippen LogP contribution in [0.3, 0.4) is 0 Å². The number of ether oxygens (including phenoxy) is 1. The Morgan fingerprint density at radius 3 is 2.92 bits per heavy atom. The number of aliphatic hydroxyl groups excluding tert-OH is 2. The first-order chi connectivity index (χ1) is 11.5. The fraction of sp³-hybridized carbons (Fsp3) is 0.571. The molecule has 0 spiro atoms. The van der Waals surface area contributed by atoms with E-state index in [0.29, 0.717) is 6.54 Å². The number of anilines is 1. The minimum Gasteiger partial charge on any atom is -0.394 e. The molecule has 10 heteroatoms. The number of carbonyl (C=O) groups excluding carboxylic acids is 1. The maximum absolute atomic E-state index is 12.1. The van der Waals surface area contributed by atoms with E-state index in [1.807, 2.05) is 6.07 Å². The molecule has 0 radical (unpaired) electrons. The van der Waals surface area contributed by atoms with Crippen molar-refractivity contribution in [2.24, 2.45) is 5.92 Å². The number of amides is 1. The third-order valence-corrected chi connectivity index (χ3v) is 3.67. The SMILES string of the molecule is CNCCC(=O)Nc1ccn([C@@H]2O[C@H](CO)[C@@H](O)[C@@H]2C#N)c(=O)n1. The molecule has 0 saturated carbocycles. The van der Waals surface area contributed by atoms with Crippen LogP contribution in [0.4, 0.5) is 5.82 Å². The molecule has 130 valence electrons.